The summed E-state index contributed by atoms with van der Waals surface area (Å²) >= 11 is 1.12. The summed E-state index contributed by atoms with van der Waals surface area (Å²) in [6.45, 7) is 1.80. The van der Waals surface area contributed by atoms with Crippen LogP contribution in [0, 0.1) is 17.8 Å². The minimum Gasteiger partial charge on any atom is -0.481 e. The van der Waals surface area contributed by atoms with Crippen molar-refractivity contribution < 1.29 is 52.8 Å². The van der Waals surface area contributed by atoms with Gasteiger partial charge in [-0.1, -0.05) is 38.5 Å². The van der Waals surface area contributed by atoms with Crippen LogP contribution in [0.5, 0.6) is 0 Å². The number of rotatable bonds is 13. The summed E-state index contributed by atoms with van der Waals surface area (Å²) in [5.74, 6) is -4.50. The van der Waals surface area contributed by atoms with Gasteiger partial charge in [0.25, 0.3) is 0 Å². The van der Waals surface area contributed by atoms with E-state index in [0.717, 1.165) is 64.2 Å². The molecule has 1 N–H and O–H groups in total. The Morgan fingerprint density at radius 1 is 0.744 bits per heavy atom. The first-order valence-electron chi connectivity index (χ1n) is 13.2. The van der Waals surface area contributed by atoms with Crippen LogP contribution in [0.1, 0.15) is 84.5 Å². The van der Waals surface area contributed by atoms with E-state index in [0.29, 0.717) is 23.5 Å². The molecule has 0 aromatic rings. The number of aliphatic carboxylic acids is 1. The smallest absolute Gasteiger partial charge is 0.371 e. The zero-order valence-electron chi connectivity index (χ0n) is 22.5. The Morgan fingerprint density at radius 2 is 1.21 bits per heavy atom. The van der Waals surface area contributed by atoms with Crippen molar-refractivity contribution >= 4 is 57.8 Å². The first kappa shape index (κ1) is 32.9. The summed E-state index contributed by atoms with van der Waals surface area (Å²) in [6, 6.07) is 0. The van der Waals surface area contributed by atoms with E-state index in [4.69, 9.17) is 18.9 Å². The highest BCUT2D eigenvalue weighted by atomic mass is 32.2. The minimum atomic E-state index is -1.32. The average molecular weight is 591 g/mol. The van der Waals surface area contributed by atoms with Crippen molar-refractivity contribution in [2.24, 2.45) is 17.8 Å². The Hall–Kier alpha value is -2.28. The quantitative estimate of drug-likeness (QED) is 0.217. The number of carboxylic acids is 1. The SMILES string of the molecule is CC(C)(SC(=O)OCOC(=O)C1CCCCC1)C(=O)C[C@@H](CSC(=O)OCOC(=O)C1CCCCC1)C(=O)O. The van der Waals surface area contributed by atoms with Gasteiger partial charge in [0.05, 0.1) is 22.5 Å². The van der Waals surface area contributed by atoms with Crippen LogP contribution in [0.25, 0.3) is 0 Å². The molecule has 13 heteroatoms. The van der Waals surface area contributed by atoms with E-state index in [-0.39, 0.29) is 17.6 Å². The molecular formula is C26H38O11S2. The van der Waals surface area contributed by atoms with Crippen molar-refractivity contribution in [3.05, 3.63) is 0 Å². The summed E-state index contributed by atoms with van der Waals surface area (Å²) in [4.78, 5) is 72.6. The average Bonchev–Trinajstić information content (AvgIpc) is 2.91. The third kappa shape index (κ3) is 12.2. The molecule has 2 rings (SSSR count). The largest absolute Gasteiger partial charge is 0.481 e. The van der Waals surface area contributed by atoms with Crippen molar-refractivity contribution in [2.75, 3.05) is 19.3 Å². The normalized spacial score (nSPS) is 17.5. The van der Waals surface area contributed by atoms with Crippen LogP contribution in [-0.2, 0) is 38.1 Å². The van der Waals surface area contributed by atoms with E-state index >= 15 is 0 Å². The molecule has 1 atom stereocenters. The van der Waals surface area contributed by atoms with Crippen LogP contribution in [0.4, 0.5) is 9.59 Å². The van der Waals surface area contributed by atoms with Gasteiger partial charge in [-0.25, -0.2) is 9.59 Å². The van der Waals surface area contributed by atoms with Gasteiger partial charge in [0.2, 0.25) is 13.6 Å². The number of carbonyl (C=O) groups is 6. The lowest BCUT2D eigenvalue weighted by atomic mass is 9.89. The van der Waals surface area contributed by atoms with Crippen LogP contribution in [0.2, 0.25) is 0 Å². The summed E-state index contributed by atoms with van der Waals surface area (Å²) < 4.78 is 18.5. The molecular weight excluding hydrogens is 552 g/mol. The third-order valence-corrected chi connectivity index (χ3v) is 8.77. The predicted molar refractivity (Wildman–Crippen MR) is 143 cm³/mol. The Kier molecular flexibility index (Phi) is 14.1. The molecule has 2 aliphatic rings. The monoisotopic (exact) mass is 590 g/mol. The number of hydrogen-bond acceptors (Lipinski definition) is 12. The zero-order chi connectivity index (χ0) is 28.8. The van der Waals surface area contributed by atoms with Gasteiger partial charge < -0.3 is 24.1 Å². The van der Waals surface area contributed by atoms with E-state index in [1.54, 1.807) is 0 Å². The third-order valence-electron chi connectivity index (χ3n) is 6.83. The van der Waals surface area contributed by atoms with Crippen molar-refractivity contribution in [3.63, 3.8) is 0 Å². The van der Waals surface area contributed by atoms with Crippen LogP contribution in [0.15, 0.2) is 0 Å². The van der Waals surface area contributed by atoms with Crippen LogP contribution >= 0.6 is 23.5 Å². The van der Waals surface area contributed by atoms with Gasteiger partial charge in [-0.2, -0.15) is 0 Å². The molecule has 39 heavy (non-hydrogen) atoms. The highest BCUT2D eigenvalue weighted by Crippen LogP contribution is 2.31. The second-order valence-corrected chi connectivity index (χ2v) is 12.7. The minimum absolute atomic E-state index is 0.192. The molecule has 2 fully saturated rings. The van der Waals surface area contributed by atoms with E-state index in [2.05, 4.69) is 0 Å². The molecule has 11 nitrogen and oxygen atoms in total. The number of thioether (sulfide) groups is 2. The number of carbonyl (C=O) groups excluding carboxylic acids is 5. The van der Waals surface area contributed by atoms with E-state index in [9.17, 15) is 33.9 Å². The number of carboxylic acid groups (broad SMARTS) is 1. The van der Waals surface area contributed by atoms with Crippen LogP contribution in [0.3, 0.4) is 0 Å². The number of Topliss-reactive ketones (excluding diaryl/α,β-unsaturated/α-hetero) is 1. The Balaban J connectivity index is 1.69. The fourth-order valence-electron chi connectivity index (χ4n) is 4.38. The van der Waals surface area contributed by atoms with E-state index in [1.807, 2.05) is 0 Å². The Labute approximate surface area is 236 Å². The molecule has 2 aliphatic carbocycles. The van der Waals surface area contributed by atoms with Crippen molar-refractivity contribution in [1.29, 1.82) is 0 Å². The molecule has 0 aromatic carbocycles. The fraction of sp³-hybridized carbons (Fsp3) is 0.769. The van der Waals surface area contributed by atoms with Gasteiger partial charge in [0.15, 0.2) is 0 Å². The van der Waals surface area contributed by atoms with Gasteiger partial charge in [-0.05, 0) is 63.1 Å². The lowest BCUT2D eigenvalue weighted by molar-refractivity contribution is -0.158. The standard InChI is InChI=1S/C26H38O11S2/c1-26(2,39-25(33)37-16-35-23(31)18-11-7-4-8-12-18)20(27)13-19(21(28)29)14-38-24(32)36-15-34-22(30)17-9-5-3-6-10-17/h17-19H,3-16H2,1-2H3,(H,28,29)/t19-/m0/s1. The number of ketones is 1. The molecule has 0 bridgehead atoms. The first-order chi connectivity index (χ1) is 18.5. The van der Waals surface area contributed by atoms with E-state index in [1.165, 1.54) is 13.8 Å². The number of ether oxygens (including phenoxy) is 4. The molecule has 0 unspecified atom stereocenters. The zero-order valence-corrected chi connectivity index (χ0v) is 24.1. The number of esters is 2. The molecule has 0 radical (unpaired) electrons. The van der Waals surface area contributed by atoms with Crippen LogP contribution in [-0.4, -0.2) is 63.5 Å². The topological polar surface area (TPSA) is 160 Å². The maximum absolute atomic E-state index is 12.8. The first-order valence-corrected chi connectivity index (χ1v) is 15.0. The maximum Gasteiger partial charge on any atom is 0.371 e. The molecule has 0 amide bonds. The van der Waals surface area contributed by atoms with Crippen molar-refractivity contribution in [1.82, 2.24) is 0 Å². The Morgan fingerprint density at radius 3 is 1.67 bits per heavy atom. The highest BCUT2D eigenvalue weighted by Gasteiger charge is 2.36. The van der Waals surface area contributed by atoms with Gasteiger partial charge in [-0.15, -0.1) is 0 Å². The highest BCUT2D eigenvalue weighted by molar-refractivity contribution is 8.15. The van der Waals surface area contributed by atoms with Gasteiger partial charge in [0, 0.05) is 12.2 Å². The lowest BCUT2D eigenvalue weighted by Crippen LogP contribution is -2.34. The molecule has 220 valence electrons. The van der Waals surface area contributed by atoms with Gasteiger partial charge in [0.1, 0.15) is 5.78 Å². The second-order valence-electron chi connectivity index (χ2n) is 10.2. The van der Waals surface area contributed by atoms with Gasteiger partial charge in [-0.3, -0.25) is 19.2 Å². The maximum atomic E-state index is 12.8. The summed E-state index contributed by atoms with van der Waals surface area (Å²) in [5, 5.41) is 7.85. The molecule has 0 aromatic heterocycles. The van der Waals surface area contributed by atoms with Crippen molar-refractivity contribution in [3.8, 4) is 0 Å². The molecule has 2 saturated carbocycles. The van der Waals surface area contributed by atoms with Crippen molar-refractivity contribution in [2.45, 2.75) is 89.2 Å². The summed E-state index contributed by atoms with van der Waals surface area (Å²) in [6.07, 6.45) is 8.55. The second kappa shape index (κ2) is 16.7. The predicted octanol–water partition coefficient (Wildman–Crippen LogP) is 5.33. The lowest BCUT2D eigenvalue weighted by Gasteiger charge is -2.23. The number of hydrogen-bond donors (Lipinski definition) is 1. The molecule has 0 aliphatic heterocycles. The summed E-state index contributed by atoms with van der Waals surface area (Å²) in [7, 11) is 0. The summed E-state index contributed by atoms with van der Waals surface area (Å²) in [5.41, 5.74) is 0. The van der Waals surface area contributed by atoms with Gasteiger partial charge >= 0.3 is 28.5 Å². The molecule has 0 spiro atoms. The van der Waals surface area contributed by atoms with Crippen LogP contribution < -0.4 is 0 Å². The fourth-order valence-corrected chi connectivity index (χ4v) is 5.83. The van der Waals surface area contributed by atoms with E-state index < -0.39 is 65.0 Å². The molecule has 0 heterocycles. The Bertz CT molecular complexity index is 877. The molecule has 0 saturated heterocycles.